The van der Waals surface area contributed by atoms with Crippen molar-refractivity contribution in [2.75, 3.05) is 5.32 Å². The molecule has 0 unspecified atom stereocenters. The van der Waals surface area contributed by atoms with E-state index in [0.29, 0.717) is 5.02 Å². The predicted molar refractivity (Wildman–Crippen MR) is 121 cm³/mol. The monoisotopic (exact) mass is 520 g/mol. The van der Waals surface area contributed by atoms with Crippen molar-refractivity contribution in [2.45, 2.75) is 0 Å². The first-order valence-electron chi connectivity index (χ1n) is 8.34. The average molecular weight is 523 g/mol. The van der Waals surface area contributed by atoms with Gasteiger partial charge in [-0.15, -0.1) is 0 Å². The first-order valence-corrected chi connectivity index (χ1v) is 10.2. The highest BCUT2D eigenvalue weighted by Crippen LogP contribution is 2.46. The van der Waals surface area contributed by atoms with E-state index in [1.165, 1.54) is 36.4 Å². The van der Waals surface area contributed by atoms with E-state index in [9.17, 15) is 14.0 Å². The largest absolute Gasteiger partial charge is 0.453 e. The summed E-state index contributed by atoms with van der Waals surface area (Å²) in [7, 11) is 0. The summed E-state index contributed by atoms with van der Waals surface area (Å²) in [5.41, 5.74) is -0.312. The second-order valence-corrected chi connectivity index (χ2v) is 7.93. The molecule has 0 saturated carbocycles. The number of carbonyl (C=O) groups excluding carboxylic acids is 2. The number of halogens is 6. The van der Waals surface area contributed by atoms with Gasteiger partial charge in [0.15, 0.2) is 5.75 Å². The van der Waals surface area contributed by atoms with Gasteiger partial charge in [0.1, 0.15) is 16.6 Å². The molecule has 0 aliphatic carbocycles. The Morgan fingerprint density at radius 3 is 2.26 bits per heavy atom. The van der Waals surface area contributed by atoms with Gasteiger partial charge in [0.2, 0.25) is 0 Å². The van der Waals surface area contributed by atoms with Gasteiger partial charge in [0, 0.05) is 5.02 Å². The van der Waals surface area contributed by atoms with Gasteiger partial charge in [-0.05, 0) is 36.4 Å². The molecule has 0 spiro atoms. The van der Waals surface area contributed by atoms with Crippen LogP contribution in [0.15, 0.2) is 48.5 Å². The van der Waals surface area contributed by atoms with Crippen LogP contribution in [0.5, 0.6) is 11.5 Å². The molecule has 0 atom stereocenters. The molecule has 3 amide bonds. The second kappa shape index (κ2) is 9.94. The van der Waals surface area contributed by atoms with E-state index in [2.05, 4.69) is 5.32 Å². The number of amides is 3. The molecular formula is C20H10Cl5FN2O3. The average Bonchev–Trinajstić information content (AvgIpc) is 2.70. The predicted octanol–water partition coefficient (Wildman–Crippen LogP) is 7.85. The lowest BCUT2D eigenvalue weighted by Crippen LogP contribution is -2.34. The molecule has 3 aromatic rings. The number of carbonyl (C=O) groups is 2. The molecular weight excluding hydrogens is 512 g/mol. The maximum absolute atomic E-state index is 13.7. The Bertz CT molecular complexity index is 1190. The van der Waals surface area contributed by atoms with Crippen LogP contribution < -0.4 is 15.4 Å². The fourth-order valence-corrected chi connectivity index (χ4v) is 3.57. The second-order valence-electron chi connectivity index (χ2n) is 5.93. The van der Waals surface area contributed by atoms with Crippen molar-refractivity contribution in [1.82, 2.24) is 5.32 Å². The number of rotatable bonds is 4. The van der Waals surface area contributed by atoms with Crippen molar-refractivity contribution in [3.63, 3.8) is 0 Å². The van der Waals surface area contributed by atoms with Crippen molar-refractivity contribution in [2.24, 2.45) is 0 Å². The summed E-state index contributed by atoms with van der Waals surface area (Å²) < 4.78 is 19.3. The van der Waals surface area contributed by atoms with Crippen LogP contribution >= 0.6 is 58.0 Å². The molecule has 0 bridgehead atoms. The summed E-state index contributed by atoms with van der Waals surface area (Å²) in [4.78, 5) is 24.2. The zero-order valence-electron chi connectivity index (χ0n) is 15.1. The molecule has 2 N–H and O–H groups in total. The maximum Gasteiger partial charge on any atom is 0.326 e. The Morgan fingerprint density at radius 2 is 1.58 bits per heavy atom. The molecule has 0 heterocycles. The summed E-state index contributed by atoms with van der Waals surface area (Å²) in [5, 5.41) is 4.70. The number of ether oxygens (including phenoxy) is 1. The third-order valence-electron chi connectivity index (χ3n) is 3.82. The fraction of sp³-hybridized carbons (Fsp3) is 0. The molecule has 0 aliphatic heterocycles. The van der Waals surface area contributed by atoms with Crippen LogP contribution in [0.1, 0.15) is 10.4 Å². The van der Waals surface area contributed by atoms with E-state index in [0.717, 1.165) is 6.07 Å². The number of anilines is 1. The Morgan fingerprint density at radius 1 is 0.871 bits per heavy atom. The Labute approximate surface area is 200 Å². The van der Waals surface area contributed by atoms with E-state index in [-0.39, 0.29) is 42.8 Å². The minimum atomic E-state index is -0.975. The van der Waals surface area contributed by atoms with Crippen LogP contribution in [0.4, 0.5) is 14.9 Å². The Hall–Kier alpha value is -2.22. The van der Waals surface area contributed by atoms with Gasteiger partial charge < -0.3 is 10.1 Å². The number of hydrogen-bond acceptors (Lipinski definition) is 3. The van der Waals surface area contributed by atoms with Crippen LogP contribution in [-0.4, -0.2) is 11.9 Å². The normalized spacial score (nSPS) is 10.5. The highest BCUT2D eigenvalue weighted by atomic mass is 35.5. The molecule has 0 saturated heterocycles. The highest BCUT2D eigenvalue weighted by molar-refractivity contribution is 6.47. The number of benzene rings is 3. The van der Waals surface area contributed by atoms with E-state index in [1.807, 2.05) is 5.32 Å². The fourth-order valence-electron chi connectivity index (χ4n) is 2.40. The number of hydrogen-bond donors (Lipinski definition) is 2. The molecule has 0 aliphatic rings. The minimum Gasteiger partial charge on any atom is -0.453 e. The molecule has 11 heteroatoms. The zero-order valence-corrected chi connectivity index (χ0v) is 18.9. The van der Waals surface area contributed by atoms with Gasteiger partial charge in [-0.3, -0.25) is 10.1 Å². The van der Waals surface area contributed by atoms with Crippen LogP contribution in [0.2, 0.25) is 25.1 Å². The van der Waals surface area contributed by atoms with E-state index < -0.39 is 17.8 Å². The minimum absolute atomic E-state index is 0.00357. The number of nitrogens with one attached hydrogen (secondary N) is 2. The SMILES string of the molecule is O=C(NC(=O)c1ccccc1F)Nc1cc(Cl)c(Oc2ccc(Cl)cc2Cl)c(Cl)c1Cl. The smallest absolute Gasteiger partial charge is 0.326 e. The van der Waals surface area contributed by atoms with Gasteiger partial charge in [0.05, 0.1) is 26.3 Å². The topological polar surface area (TPSA) is 67.4 Å². The molecule has 0 aromatic heterocycles. The lowest BCUT2D eigenvalue weighted by Gasteiger charge is -2.15. The zero-order chi connectivity index (χ0) is 22.7. The summed E-state index contributed by atoms with van der Waals surface area (Å²) in [6.45, 7) is 0. The molecule has 0 radical (unpaired) electrons. The first-order chi connectivity index (χ1) is 14.7. The first kappa shape index (κ1) is 23.4. The Kier molecular flexibility index (Phi) is 7.51. The van der Waals surface area contributed by atoms with Crippen molar-refractivity contribution in [1.29, 1.82) is 0 Å². The standard InChI is InChI=1S/C20H10Cl5FN2O3/c21-9-5-6-15(11(22)7-9)31-18-12(23)8-14(16(24)17(18)25)27-20(30)28-19(29)10-3-1-2-4-13(10)26/h1-8H,(H2,27,28,29,30). The van der Waals surface area contributed by atoms with Gasteiger partial charge in [0.25, 0.3) is 5.91 Å². The van der Waals surface area contributed by atoms with Crippen LogP contribution in [0.25, 0.3) is 0 Å². The van der Waals surface area contributed by atoms with Crippen molar-refractivity contribution < 1.29 is 18.7 Å². The van der Waals surface area contributed by atoms with Gasteiger partial charge in [-0.25, -0.2) is 9.18 Å². The number of imide groups is 1. The quantitative estimate of drug-likeness (QED) is 0.343. The van der Waals surface area contributed by atoms with Crippen molar-refractivity contribution in [3.8, 4) is 11.5 Å². The van der Waals surface area contributed by atoms with Crippen LogP contribution in [0, 0.1) is 5.82 Å². The van der Waals surface area contributed by atoms with Gasteiger partial charge >= 0.3 is 6.03 Å². The van der Waals surface area contributed by atoms with E-state index in [1.54, 1.807) is 6.07 Å². The lowest BCUT2D eigenvalue weighted by atomic mass is 10.2. The summed E-state index contributed by atoms with van der Waals surface area (Å²) in [5.74, 6) is -1.51. The van der Waals surface area contributed by atoms with Crippen LogP contribution in [-0.2, 0) is 0 Å². The molecule has 160 valence electrons. The third-order valence-corrected chi connectivity index (χ3v) is 5.48. The molecule has 5 nitrogen and oxygen atoms in total. The van der Waals surface area contributed by atoms with E-state index >= 15 is 0 Å². The maximum atomic E-state index is 13.7. The highest BCUT2D eigenvalue weighted by Gasteiger charge is 2.20. The summed E-state index contributed by atoms with van der Waals surface area (Å²) in [6, 6.07) is 10.0. The summed E-state index contributed by atoms with van der Waals surface area (Å²) >= 11 is 30.6. The van der Waals surface area contributed by atoms with E-state index in [4.69, 9.17) is 62.7 Å². The van der Waals surface area contributed by atoms with Crippen molar-refractivity contribution >= 4 is 75.6 Å². The molecule has 31 heavy (non-hydrogen) atoms. The summed E-state index contributed by atoms with van der Waals surface area (Å²) in [6.07, 6.45) is 0. The molecule has 0 fully saturated rings. The Balaban J connectivity index is 1.79. The molecule has 3 rings (SSSR count). The third kappa shape index (κ3) is 5.53. The molecule has 3 aromatic carbocycles. The number of urea groups is 1. The van der Waals surface area contributed by atoms with Gasteiger partial charge in [-0.2, -0.15) is 0 Å². The lowest BCUT2D eigenvalue weighted by molar-refractivity contribution is 0.0963. The van der Waals surface area contributed by atoms with Gasteiger partial charge in [-0.1, -0.05) is 70.1 Å². The van der Waals surface area contributed by atoms with Crippen molar-refractivity contribution in [3.05, 3.63) is 85.0 Å². The van der Waals surface area contributed by atoms with Crippen LogP contribution in [0.3, 0.4) is 0 Å².